The molecule has 0 saturated carbocycles. The molecule has 0 saturated heterocycles. The molecule has 0 bridgehead atoms. The van der Waals surface area contributed by atoms with E-state index in [1.807, 2.05) is 6.92 Å². The molecule has 132 valence electrons. The topological polar surface area (TPSA) is 116 Å². The van der Waals surface area contributed by atoms with Gasteiger partial charge in [0.1, 0.15) is 0 Å². The van der Waals surface area contributed by atoms with E-state index in [4.69, 9.17) is 9.47 Å². The summed E-state index contributed by atoms with van der Waals surface area (Å²) in [5, 5.41) is 17.6. The van der Waals surface area contributed by atoms with Crippen LogP contribution in [0.15, 0.2) is 22.6 Å². The lowest BCUT2D eigenvalue weighted by atomic mass is 10.1. The lowest BCUT2D eigenvalue weighted by Crippen LogP contribution is -2.20. The van der Waals surface area contributed by atoms with Crippen molar-refractivity contribution in [1.82, 2.24) is 10.4 Å². The Morgan fingerprint density at radius 3 is 2.64 bits per heavy atom. The van der Waals surface area contributed by atoms with Crippen LogP contribution in [0.5, 0.6) is 11.5 Å². The number of nitro groups is 1. The molecule has 25 heavy (non-hydrogen) atoms. The van der Waals surface area contributed by atoms with Crippen LogP contribution in [0, 0.1) is 17.0 Å². The summed E-state index contributed by atoms with van der Waals surface area (Å²) in [5.74, 6) is 0.179. The highest BCUT2D eigenvalue weighted by Crippen LogP contribution is 2.33. The molecule has 1 heterocycles. The lowest BCUT2D eigenvalue weighted by molar-refractivity contribution is -0.385. The molecular formula is C15H16N4O5S. The third kappa shape index (κ3) is 4.73. The Morgan fingerprint density at radius 1 is 1.40 bits per heavy atom. The van der Waals surface area contributed by atoms with E-state index in [-0.39, 0.29) is 29.3 Å². The van der Waals surface area contributed by atoms with E-state index in [1.165, 1.54) is 43.9 Å². The number of aryl methyl sites for hydroxylation is 1. The van der Waals surface area contributed by atoms with Gasteiger partial charge in [-0.05, 0) is 13.0 Å². The van der Waals surface area contributed by atoms with Crippen LogP contribution in [-0.4, -0.2) is 36.2 Å². The monoisotopic (exact) mass is 364 g/mol. The first-order chi connectivity index (χ1) is 11.9. The SMILES string of the molecule is COc1cc(/C=N\NC(=O)Cc2csc(C)n2)c([N+](=O)[O-])cc1OC. The molecule has 1 N–H and O–H groups in total. The molecule has 9 nitrogen and oxygen atoms in total. The number of hydrazone groups is 1. The zero-order valence-corrected chi connectivity index (χ0v) is 14.6. The second-order valence-corrected chi connectivity index (χ2v) is 5.91. The van der Waals surface area contributed by atoms with Gasteiger partial charge in [-0.25, -0.2) is 10.4 Å². The fourth-order valence-electron chi connectivity index (χ4n) is 2.01. The zero-order chi connectivity index (χ0) is 18.4. The van der Waals surface area contributed by atoms with Crippen molar-refractivity contribution in [3.05, 3.63) is 43.9 Å². The number of hydrogen-bond donors (Lipinski definition) is 1. The largest absolute Gasteiger partial charge is 0.493 e. The van der Waals surface area contributed by atoms with Crippen LogP contribution < -0.4 is 14.9 Å². The number of hydrogen-bond acceptors (Lipinski definition) is 8. The van der Waals surface area contributed by atoms with E-state index in [1.54, 1.807) is 5.38 Å². The lowest BCUT2D eigenvalue weighted by Gasteiger charge is -2.08. The number of carbonyl (C=O) groups excluding carboxylic acids is 1. The van der Waals surface area contributed by atoms with Crippen LogP contribution in [0.4, 0.5) is 5.69 Å². The molecule has 0 aliphatic rings. The molecule has 2 aromatic rings. The van der Waals surface area contributed by atoms with Crippen LogP contribution in [0.25, 0.3) is 0 Å². The predicted octanol–water partition coefficient (Wildman–Crippen LogP) is 2.07. The number of methoxy groups -OCH3 is 2. The van der Waals surface area contributed by atoms with Crippen molar-refractivity contribution >= 4 is 29.1 Å². The highest BCUT2D eigenvalue weighted by molar-refractivity contribution is 7.09. The van der Waals surface area contributed by atoms with Gasteiger partial charge in [-0.1, -0.05) is 0 Å². The molecule has 0 radical (unpaired) electrons. The summed E-state index contributed by atoms with van der Waals surface area (Å²) in [5.41, 5.74) is 2.92. The van der Waals surface area contributed by atoms with Crippen molar-refractivity contribution in [3.8, 4) is 11.5 Å². The molecule has 1 aromatic carbocycles. The number of amides is 1. The second-order valence-electron chi connectivity index (χ2n) is 4.85. The number of rotatable bonds is 7. The fourth-order valence-corrected chi connectivity index (χ4v) is 2.63. The minimum absolute atomic E-state index is 0.0791. The maximum atomic E-state index is 11.8. The van der Waals surface area contributed by atoms with E-state index in [0.29, 0.717) is 11.4 Å². The summed E-state index contributed by atoms with van der Waals surface area (Å²) in [7, 11) is 2.80. The van der Waals surface area contributed by atoms with Crippen LogP contribution >= 0.6 is 11.3 Å². The third-order valence-electron chi connectivity index (χ3n) is 3.13. The van der Waals surface area contributed by atoms with Gasteiger partial charge in [0.2, 0.25) is 5.91 Å². The number of nitrogens with zero attached hydrogens (tertiary/aromatic N) is 3. The van der Waals surface area contributed by atoms with Gasteiger partial charge in [0.15, 0.2) is 11.5 Å². The molecule has 1 amide bonds. The number of carbonyl (C=O) groups is 1. The summed E-state index contributed by atoms with van der Waals surface area (Å²) >= 11 is 1.45. The zero-order valence-electron chi connectivity index (χ0n) is 13.8. The van der Waals surface area contributed by atoms with Gasteiger partial charge < -0.3 is 9.47 Å². The minimum atomic E-state index is -0.566. The third-order valence-corrected chi connectivity index (χ3v) is 3.95. The van der Waals surface area contributed by atoms with E-state index >= 15 is 0 Å². The Morgan fingerprint density at radius 2 is 2.08 bits per heavy atom. The predicted molar refractivity (Wildman–Crippen MR) is 92.5 cm³/mol. The molecule has 0 fully saturated rings. The highest BCUT2D eigenvalue weighted by Gasteiger charge is 2.18. The number of nitro benzene ring substituents is 1. The first-order valence-electron chi connectivity index (χ1n) is 7.08. The van der Waals surface area contributed by atoms with Crippen molar-refractivity contribution in [2.75, 3.05) is 14.2 Å². The van der Waals surface area contributed by atoms with Crippen molar-refractivity contribution < 1.29 is 19.2 Å². The molecule has 1 aromatic heterocycles. The van der Waals surface area contributed by atoms with Crippen molar-refractivity contribution in [2.45, 2.75) is 13.3 Å². The van der Waals surface area contributed by atoms with E-state index in [0.717, 1.165) is 5.01 Å². The van der Waals surface area contributed by atoms with Crippen LogP contribution in [0.1, 0.15) is 16.3 Å². The number of nitrogens with one attached hydrogen (secondary N) is 1. The number of benzene rings is 1. The van der Waals surface area contributed by atoms with Crippen LogP contribution in [-0.2, 0) is 11.2 Å². The summed E-state index contributed by atoms with van der Waals surface area (Å²) in [6.07, 6.45) is 1.26. The maximum Gasteiger partial charge on any atom is 0.282 e. The smallest absolute Gasteiger partial charge is 0.282 e. The second kappa shape index (κ2) is 8.20. The van der Waals surface area contributed by atoms with Gasteiger partial charge in [0.05, 0.1) is 54.1 Å². The molecule has 0 spiro atoms. The molecule has 2 rings (SSSR count). The summed E-state index contributed by atoms with van der Waals surface area (Å²) in [4.78, 5) is 26.6. The van der Waals surface area contributed by atoms with Crippen LogP contribution in [0.3, 0.4) is 0 Å². The van der Waals surface area contributed by atoms with Gasteiger partial charge in [-0.2, -0.15) is 5.10 Å². The number of ether oxygens (including phenoxy) is 2. The van der Waals surface area contributed by atoms with Gasteiger partial charge in [-0.3, -0.25) is 14.9 Å². The van der Waals surface area contributed by atoms with Crippen molar-refractivity contribution in [1.29, 1.82) is 0 Å². The Bertz CT molecular complexity index is 818. The number of aromatic nitrogens is 1. The molecule has 0 atom stereocenters. The highest BCUT2D eigenvalue weighted by atomic mass is 32.1. The Kier molecular flexibility index (Phi) is 6.01. The summed E-state index contributed by atoms with van der Waals surface area (Å²) < 4.78 is 10.2. The van der Waals surface area contributed by atoms with Gasteiger partial charge in [0, 0.05) is 5.38 Å². The Hall–Kier alpha value is -3.01. The molecule has 10 heteroatoms. The average molecular weight is 364 g/mol. The minimum Gasteiger partial charge on any atom is -0.493 e. The Labute approximate surface area is 147 Å². The van der Waals surface area contributed by atoms with Gasteiger partial charge in [0.25, 0.3) is 5.69 Å². The molecule has 0 aliphatic heterocycles. The Balaban J connectivity index is 2.13. The van der Waals surface area contributed by atoms with Crippen molar-refractivity contribution in [3.63, 3.8) is 0 Å². The fraction of sp³-hybridized carbons (Fsp3) is 0.267. The quantitative estimate of drug-likeness (QED) is 0.457. The first-order valence-corrected chi connectivity index (χ1v) is 7.96. The van der Waals surface area contributed by atoms with E-state index in [9.17, 15) is 14.9 Å². The van der Waals surface area contributed by atoms with Crippen molar-refractivity contribution in [2.24, 2.45) is 5.10 Å². The van der Waals surface area contributed by atoms with Crippen LogP contribution in [0.2, 0.25) is 0 Å². The molecular weight excluding hydrogens is 348 g/mol. The summed E-state index contributed by atoms with van der Waals surface area (Å²) in [6, 6.07) is 2.65. The molecule has 0 aliphatic carbocycles. The van der Waals surface area contributed by atoms with E-state index in [2.05, 4.69) is 15.5 Å². The van der Waals surface area contributed by atoms with E-state index < -0.39 is 4.92 Å². The number of thiazole rings is 1. The first kappa shape index (κ1) is 18.3. The normalized spacial score (nSPS) is 10.7. The standard InChI is InChI=1S/C15H16N4O5S/c1-9-17-11(8-25-9)5-15(20)18-16-7-10-4-13(23-2)14(24-3)6-12(10)19(21)22/h4,6-8H,5H2,1-3H3,(H,18,20)/b16-7-. The molecule has 0 unspecified atom stereocenters. The van der Waals surface area contributed by atoms with Gasteiger partial charge >= 0.3 is 0 Å². The maximum absolute atomic E-state index is 11.8. The average Bonchev–Trinajstić information content (AvgIpc) is 2.98. The summed E-state index contributed by atoms with van der Waals surface area (Å²) in [6.45, 7) is 1.85. The van der Waals surface area contributed by atoms with Gasteiger partial charge in [-0.15, -0.1) is 11.3 Å².